The molecule has 1 aromatic rings. The lowest BCUT2D eigenvalue weighted by Crippen LogP contribution is -2.41. The van der Waals surface area contributed by atoms with Crippen molar-refractivity contribution in [3.63, 3.8) is 0 Å². The molecule has 1 aromatic carbocycles. The van der Waals surface area contributed by atoms with Gasteiger partial charge in [-0.3, -0.25) is 0 Å². The quantitative estimate of drug-likeness (QED) is 0.847. The molecule has 0 bridgehead atoms. The zero-order chi connectivity index (χ0) is 14.3. The molecule has 4 heteroatoms. The number of hydrogen-bond acceptors (Lipinski definition) is 3. The fourth-order valence-electron chi connectivity index (χ4n) is 2.09. The summed E-state index contributed by atoms with van der Waals surface area (Å²) in [6.45, 7) is 10.4. The van der Waals surface area contributed by atoms with Crippen LogP contribution in [0.3, 0.4) is 0 Å². The van der Waals surface area contributed by atoms with Crippen LogP contribution in [0.15, 0.2) is 24.3 Å². The molecule has 1 atom stereocenters. The summed E-state index contributed by atoms with van der Waals surface area (Å²) in [6.07, 6.45) is 0. The van der Waals surface area contributed by atoms with Crippen LogP contribution in [0, 0.1) is 0 Å². The van der Waals surface area contributed by atoms with Gasteiger partial charge in [0.05, 0.1) is 11.2 Å². The average molecular weight is 261 g/mol. The molecule has 0 radical (unpaired) electrons. The molecule has 104 valence electrons. The van der Waals surface area contributed by atoms with Crippen LogP contribution in [0.4, 0.5) is 0 Å². The molecule has 0 aliphatic carbocycles. The van der Waals surface area contributed by atoms with Crippen molar-refractivity contribution in [3.05, 3.63) is 29.8 Å². The summed E-state index contributed by atoms with van der Waals surface area (Å²) in [5.41, 5.74) is 1.77. The van der Waals surface area contributed by atoms with Crippen LogP contribution in [0.1, 0.15) is 46.2 Å². The summed E-state index contributed by atoms with van der Waals surface area (Å²) < 4.78 is 12.1. The highest BCUT2D eigenvalue weighted by Gasteiger charge is 2.51. The second kappa shape index (κ2) is 4.93. The van der Waals surface area contributed by atoms with Crippen molar-refractivity contribution < 1.29 is 9.31 Å². The van der Waals surface area contributed by atoms with Gasteiger partial charge in [0.2, 0.25) is 0 Å². The Morgan fingerprint density at radius 2 is 1.47 bits per heavy atom. The predicted molar refractivity (Wildman–Crippen MR) is 79.6 cm³/mol. The first-order valence-electron chi connectivity index (χ1n) is 6.89. The van der Waals surface area contributed by atoms with Gasteiger partial charge in [0.1, 0.15) is 0 Å². The summed E-state index contributed by atoms with van der Waals surface area (Å²) in [5.74, 6) is 0. The summed E-state index contributed by atoms with van der Waals surface area (Å²) in [4.78, 5) is 0. The molecule has 1 saturated heterocycles. The molecule has 1 aliphatic rings. The van der Waals surface area contributed by atoms with E-state index in [4.69, 9.17) is 9.31 Å². The molecular formula is C15H24BNO2. The van der Waals surface area contributed by atoms with Crippen LogP contribution in [-0.4, -0.2) is 25.4 Å². The van der Waals surface area contributed by atoms with Gasteiger partial charge in [0.15, 0.2) is 0 Å². The van der Waals surface area contributed by atoms with E-state index in [0.29, 0.717) is 6.04 Å². The van der Waals surface area contributed by atoms with E-state index >= 15 is 0 Å². The zero-order valence-electron chi connectivity index (χ0n) is 12.8. The normalized spacial score (nSPS) is 22.5. The van der Waals surface area contributed by atoms with Gasteiger partial charge in [-0.2, -0.15) is 0 Å². The fourth-order valence-corrected chi connectivity index (χ4v) is 2.09. The first-order valence-corrected chi connectivity index (χ1v) is 6.89. The highest BCUT2D eigenvalue weighted by Crippen LogP contribution is 2.36. The van der Waals surface area contributed by atoms with Gasteiger partial charge in [0.25, 0.3) is 0 Å². The minimum Gasteiger partial charge on any atom is -0.399 e. The predicted octanol–water partition coefficient (Wildman–Crippen LogP) is 2.27. The number of benzene rings is 1. The lowest BCUT2D eigenvalue weighted by Gasteiger charge is -2.32. The SMILES string of the molecule is CN[C@H](C)c1ccc(B2OC(C)(C)C(C)(C)O2)cc1. The zero-order valence-corrected chi connectivity index (χ0v) is 12.8. The molecule has 1 heterocycles. The van der Waals surface area contributed by atoms with Crippen LogP contribution in [-0.2, 0) is 9.31 Å². The summed E-state index contributed by atoms with van der Waals surface area (Å²) in [7, 11) is 1.69. The second-order valence-electron chi connectivity index (χ2n) is 6.27. The third-order valence-electron chi connectivity index (χ3n) is 4.39. The Labute approximate surface area is 116 Å². The van der Waals surface area contributed by atoms with Crippen molar-refractivity contribution >= 4 is 12.6 Å². The van der Waals surface area contributed by atoms with Crippen molar-refractivity contribution in [2.75, 3.05) is 7.05 Å². The lowest BCUT2D eigenvalue weighted by molar-refractivity contribution is 0.00578. The maximum absolute atomic E-state index is 6.04. The smallest absolute Gasteiger partial charge is 0.399 e. The Hall–Kier alpha value is -0.835. The van der Waals surface area contributed by atoms with E-state index in [9.17, 15) is 0 Å². The van der Waals surface area contributed by atoms with E-state index in [1.807, 2.05) is 7.05 Å². The Kier molecular flexibility index (Phi) is 3.78. The Morgan fingerprint density at radius 3 is 1.89 bits per heavy atom. The first-order chi connectivity index (χ1) is 8.77. The molecule has 0 saturated carbocycles. The first kappa shape index (κ1) is 14.6. The van der Waals surface area contributed by atoms with Gasteiger partial charge in [-0.25, -0.2) is 0 Å². The van der Waals surface area contributed by atoms with Gasteiger partial charge in [-0.1, -0.05) is 24.3 Å². The third-order valence-corrected chi connectivity index (χ3v) is 4.39. The molecule has 0 aromatic heterocycles. The van der Waals surface area contributed by atoms with Crippen LogP contribution < -0.4 is 10.8 Å². The minimum absolute atomic E-state index is 0.274. The van der Waals surface area contributed by atoms with Crippen LogP contribution >= 0.6 is 0 Å². The lowest BCUT2D eigenvalue weighted by atomic mass is 9.78. The summed E-state index contributed by atoms with van der Waals surface area (Å²) in [6, 6.07) is 8.78. The van der Waals surface area contributed by atoms with Crippen LogP contribution in [0.2, 0.25) is 0 Å². The standard InChI is InChI=1S/C15H24BNO2/c1-11(17-6)12-7-9-13(10-8-12)16-18-14(2,3)15(4,5)19-16/h7-11,17H,1-6H3/t11-/m1/s1. The van der Waals surface area contributed by atoms with Crippen molar-refractivity contribution in [1.29, 1.82) is 0 Å². The van der Waals surface area contributed by atoms with Gasteiger partial charge in [-0.05, 0) is 52.7 Å². The van der Waals surface area contributed by atoms with Gasteiger partial charge >= 0.3 is 7.12 Å². The van der Waals surface area contributed by atoms with Crippen molar-refractivity contribution in [2.24, 2.45) is 0 Å². The molecule has 3 nitrogen and oxygen atoms in total. The van der Waals surface area contributed by atoms with Crippen molar-refractivity contribution in [1.82, 2.24) is 5.32 Å². The van der Waals surface area contributed by atoms with E-state index in [1.54, 1.807) is 0 Å². The second-order valence-corrected chi connectivity index (χ2v) is 6.27. The molecule has 2 rings (SSSR count). The average Bonchev–Trinajstić information content (AvgIpc) is 2.58. The highest BCUT2D eigenvalue weighted by atomic mass is 16.7. The monoisotopic (exact) mass is 261 g/mol. The number of rotatable bonds is 3. The summed E-state index contributed by atoms with van der Waals surface area (Å²) in [5, 5.41) is 3.23. The number of hydrogen-bond donors (Lipinski definition) is 1. The Bertz CT molecular complexity index is 426. The maximum Gasteiger partial charge on any atom is 0.494 e. The van der Waals surface area contributed by atoms with Crippen molar-refractivity contribution in [3.8, 4) is 0 Å². The molecule has 0 amide bonds. The largest absolute Gasteiger partial charge is 0.494 e. The molecule has 1 fully saturated rings. The third kappa shape index (κ3) is 2.71. The molecule has 0 unspecified atom stereocenters. The van der Waals surface area contributed by atoms with E-state index in [1.165, 1.54) is 5.56 Å². The van der Waals surface area contributed by atoms with E-state index in [-0.39, 0.29) is 18.3 Å². The number of nitrogens with one attached hydrogen (secondary N) is 1. The van der Waals surface area contributed by atoms with Gasteiger partial charge < -0.3 is 14.6 Å². The van der Waals surface area contributed by atoms with Crippen LogP contribution in [0.5, 0.6) is 0 Å². The van der Waals surface area contributed by atoms with Crippen LogP contribution in [0.25, 0.3) is 0 Å². The molecule has 1 N–H and O–H groups in total. The van der Waals surface area contributed by atoms with E-state index in [0.717, 1.165) is 5.46 Å². The Balaban J connectivity index is 2.17. The van der Waals surface area contributed by atoms with Gasteiger partial charge in [0, 0.05) is 6.04 Å². The maximum atomic E-state index is 6.04. The van der Waals surface area contributed by atoms with E-state index in [2.05, 4.69) is 64.2 Å². The molecule has 0 spiro atoms. The van der Waals surface area contributed by atoms with Gasteiger partial charge in [-0.15, -0.1) is 0 Å². The summed E-state index contributed by atoms with van der Waals surface area (Å²) >= 11 is 0. The fraction of sp³-hybridized carbons (Fsp3) is 0.600. The molecule has 19 heavy (non-hydrogen) atoms. The minimum atomic E-state index is -0.283. The molecule has 1 aliphatic heterocycles. The highest BCUT2D eigenvalue weighted by molar-refractivity contribution is 6.62. The van der Waals surface area contributed by atoms with Crippen molar-refractivity contribution in [2.45, 2.75) is 51.9 Å². The molecular weight excluding hydrogens is 237 g/mol. The van der Waals surface area contributed by atoms with E-state index < -0.39 is 0 Å². The topological polar surface area (TPSA) is 30.5 Å². The Morgan fingerprint density at radius 1 is 1.00 bits per heavy atom.